The highest BCUT2D eigenvalue weighted by atomic mass is 35.5. The minimum Gasteiger partial charge on any atom is -0.365 e. The number of H-pyrrole nitrogens is 1. The van der Waals surface area contributed by atoms with Crippen molar-refractivity contribution in [1.29, 1.82) is 0 Å². The predicted octanol–water partition coefficient (Wildman–Crippen LogP) is 3.05. The van der Waals surface area contributed by atoms with Gasteiger partial charge in [-0.15, -0.1) is 0 Å². The standard InChI is InChI=1S/C23H23ClN6O2/c1-15-10-29-22(25-8-7-16-5-3-2-4-6-16)23(32)30(15)14-21(31)28-11-17-9-18-19(24)12-27-20(18)13-26-17/h2-6,9-10,12-13,27H,7-8,11,14H2,1H3,(H,25,29)(H,28,31). The second-order valence-electron chi connectivity index (χ2n) is 7.44. The topological polar surface area (TPSA) is 105 Å². The highest BCUT2D eigenvalue weighted by Gasteiger charge is 2.12. The number of hydrogen-bond acceptors (Lipinski definition) is 5. The fraction of sp³-hybridized carbons (Fsp3) is 0.217. The van der Waals surface area contributed by atoms with Crippen LogP contribution in [0.4, 0.5) is 5.82 Å². The highest BCUT2D eigenvalue weighted by Crippen LogP contribution is 2.22. The predicted molar refractivity (Wildman–Crippen MR) is 125 cm³/mol. The van der Waals surface area contributed by atoms with Gasteiger partial charge in [0.15, 0.2) is 5.82 Å². The molecule has 3 heterocycles. The van der Waals surface area contributed by atoms with E-state index in [1.807, 2.05) is 36.4 Å². The number of nitrogens with one attached hydrogen (secondary N) is 3. The Kier molecular flexibility index (Phi) is 6.51. The van der Waals surface area contributed by atoms with Crippen LogP contribution >= 0.6 is 11.6 Å². The molecule has 0 aliphatic rings. The van der Waals surface area contributed by atoms with Crippen LogP contribution in [0.1, 0.15) is 17.0 Å². The summed E-state index contributed by atoms with van der Waals surface area (Å²) in [5, 5.41) is 7.33. The lowest BCUT2D eigenvalue weighted by molar-refractivity contribution is -0.121. The van der Waals surface area contributed by atoms with E-state index in [9.17, 15) is 9.59 Å². The summed E-state index contributed by atoms with van der Waals surface area (Å²) in [6.07, 6.45) is 5.72. The van der Waals surface area contributed by atoms with Gasteiger partial charge < -0.3 is 15.6 Å². The van der Waals surface area contributed by atoms with Gasteiger partial charge in [0, 0.05) is 30.0 Å². The number of aryl methyl sites for hydroxylation is 1. The number of anilines is 1. The summed E-state index contributed by atoms with van der Waals surface area (Å²) in [6.45, 7) is 2.45. The van der Waals surface area contributed by atoms with E-state index in [4.69, 9.17) is 11.6 Å². The van der Waals surface area contributed by atoms with Crippen LogP contribution < -0.4 is 16.2 Å². The fourth-order valence-corrected chi connectivity index (χ4v) is 3.58. The third kappa shape index (κ3) is 4.97. The number of nitrogens with zero attached hydrogens (tertiary/aromatic N) is 3. The molecule has 0 atom stereocenters. The van der Waals surface area contributed by atoms with Gasteiger partial charge in [-0.3, -0.25) is 19.1 Å². The number of fused-ring (bicyclic) bond motifs is 1. The molecule has 4 aromatic rings. The van der Waals surface area contributed by atoms with E-state index in [2.05, 4.69) is 25.6 Å². The number of halogens is 1. The van der Waals surface area contributed by atoms with Gasteiger partial charge in [0.05, 0.1) is 29.0 Å². The molecule has 0 unspecified atom stereocenters. The number of aromatic nitrogens is 4. The number of rotatable bonds is 8. The van der Waals surface area contributed by atoms with E-state index in [-0.39, 0.29) is 30.4 Å². The van der Waals surface area contributed by atoms with Crippen molar-refractivity contribution in [2.24, 2.45) is 0 Å². The Morgan fingerprint density at radius 1 is 1.19 bits per heavy atom. The Bertz CT molecular complexity index is 1300. The zero-order chi connectivity index (χ0) is 22.5. The van der Waals surface area contributed by atoms with Crippen molar-refractivity contribution < 1.29 is 4.79 Å². The van der Waals surface area contributed by atoms with Crippen LogP contribution in [0.3, 0.4) is 0 Å². The number of aromatic amines is 1. The largest absolute Gasteiger partial charge is 0.365 e. The fourth-order valence-electron chi connectivity index (χ4n) is 3.37. The zero-order valence-electron chi connectivity index (χ0n) is 17.6. The van der Waals surface area contributed by atoms with Crippen molar-refractivity contribution in [3.05, 3.63) is 87.3 Å². The molecule has 3 N–H and O–H groups in total. The maximum atomic E-state index is 12.8. The summed E-state index contributed by atoms with van der Waals surface area (Å²) >= 11 is 6.14. The Labute approximate surface area is 189 Å². The first kappa shape index (κ1) is 21.6. The SMILES string of the molecule is Cc1cnc(NCCc2ccccc2)c(=O)n1CC(=O)NCc1cc2c(Cl)c[nH]c2cn1. The molecule has 0 fully saturated rings. The first-order chi connectivity index (χ1) is 15.5. The molecule has 0 radical (unpaired) electrons. The second-order valence-corrected chi connectivity index (χ2v) is 7.84. The van der Waals surface area contributed by atoms with Gasteiger partial charge in [0.1, 0.15) is 6.54 Å². The van der Waals surface area contributed by atoms with Gasteiger partial charge in [0.25, 0.3) is 5.56 Å². The van der Waals surface area contributed by atoms with Gasteiger partial charge in [-0.05, 0) is 25.0 Å². The van der Waals surface area contributed by atoms with E-state index in [0.29, 0.717) is 23.0 Å². The molecule has 4 rings (SSSR count). The number of hydrogen-bond donors (Lipinski definition) is 3. The lowest BCUT2D eigenvalue weighted by Crippen LogP contribution is -2.34. The van der Waals surface area contributed by atoms with Crippen molar-refractivity contribution in [3.8, 4) is 0 Å². The minimum atomic E-state index is -0.327. The molecule has 0 aliphatic heterocycles. The smallest absolute Gasteiger partial charge is 0.293 e. The van der Waals surface area contributed by atoms with Crippen LogP contribution in [-0.2, 0) is 24.3 Å². The third-order valence-corrected chi connectivity index (χ3v) is 5.46. The van der Waals surface area contributed by atoms with E-state index in [1.54, 1.807) is 25.5 Å². The molecule has 164 valence electrons. The van der Waals surface area contributed by atoms with Crippen LogP contribution in [0, 0.1) is 6.92 Å². The molecule has 3 aromatic heterocycles. The van der Waals surface area contributed by atoms with Gasteiger partial charge in [-0.2, -0.15) is 0 Å². The van der Waals surface area contributed by atoms with Crippen LogP contribution in [-0.4, -0.2) is 32.0 Å². The summed E-state index contributed by atoms with van der Waals surface area (Å²) < 4.78 is 1.41. The number of benzene rings is 1. The first-order valence-corrected chi connectivity index (χ1v) is 10.6. The lowest BCUT2D eigenvalue weighted by atomic mass is 10.1. The molecule has 0 saturated heterocycles. The second kappa shape index (κ2) is 9.65. The average Bonchev–Trinajstić information content (AvgIpc) is 3.17. The molecule has 1 amide bonds. The first-order valence-electron chi connectivity index (χ1n) is 10.2. The van der Waals surface area contributed by atoms with E-state index < -0.39 is 0 Å². The molecule has 0 aliphatic carbocycles. The third-order valence-electron chi connectivity index (χ3n) is 5.14. The highest BCUT2D eigenvalue weighted by molar-refractivity contribution is 6.35. The summed E-state index contributed by atoms with van der Waals surface area (Å²) in [7, 11) is 0. The molecular formula is C23H23ClN6O2. The van der Waals surface area contributed by atoms with E-state index >= 15 is 0 Å². The summed E-state index contributed by atoms with van der Waals surface area (Å²) in [4.78, 5) is 36.9. The molecule has 0 saturated carbocycles. The van der Waals surface area contributed by atoms with Gasteiger partial charge in [0.2, 0.25) is 5.91 Å². The summed E-state index contributed by atoms with van der Waals surface area (Å²) in [6, 6.07) is 11.8. The molecule has 0 spiro atoms. The van der Waals surface area contributed by atoms with Crippen molar-refractivity contribution >= 4 is 34.2 Å². The monoisotopic (exact) mass is 450 g/mol. The number of carbonyl (C=O) groups excluding carboxylic acids is 1. The maximum absolute atomic E-state index is 12.8. The molecule has 8 nitrogen and oxygen atoms in total. The number of amides is 1. The van der Waals surface area contributed by atoms with Gasteiger partial charge in [-0.1, -0.05) is 41.9 Å². The Morgan fingerprint density at radius 2 is 2.00 bits per heavy atom. The number of carbonyl (C=O) groups is 1. The maximum Gasteiger partial charge on any atom is 0.293 e. The lowest BCUT2D eigenvalue weighted by Gasteiger charge is -2.12. The van der Waals surface area contributed by atoms with Crippen LogP contribution in [0.2, 0.25) is 5.02 Å². The summed E-state index contributed by atoms with van der Waals surface area (Å²) in [5.74, 6) is -0.0627. The Morgan fingerprint density at radius 3 is 2.81 bits per heavy atom. The van der Waals surface area contributed by atoms with Gasteiger partial charge >= 0.3 is 0 Å². The molecule has 1 aromatic carbocycles. The molecule has 0 bridgehead atoms. The Balaban J connectivity index is 1.37. The van der Waals surface area contributed by atoms with Crippen LogP contribution in [0.25, 0.3) is 10.9 Å². The number of pyridine rings is 1. The minimum absolute atomic E-state index is 0.103. The molecule has 9 heteroatoms. The molecule has 32 heavy (non-hydrogen) atoms. The van der Waals surface area contributed by atoms with Crippen molar-refractivity contribution in [1.82, 2.24) is 24.8 Å². The average molecular weight is 451 g/mol. The molecular weight excluding hydrogens is 428 g/mol. The van der Waals surface area contributed by atoms with Crippen LogP contribution in [0.15, 0.2) is 59.8 Å². The van der Waals surface area contributed by atoms with Crippen molar-refractivity contribution in [2.45, 2.75) is 26.4 Å². The van der Waals surface area contributed by atoms with Crippen LogP contribution in [0.5, 0.6) is 0 Å². The normalized spacial score (nSPS) is 10.9. The Hall–Kier alpha value is -3.65. The van der Waals surface area contributed by atoms with E-state index in [0.717, 1.165) is 17.3 Å². The van der Waals surface area contributed by atoms with Crippen molar-refractivity contribution in [2.75, 3.05) is 11.9 Å². The van der Waals surface area contributed by atoms with E-state index in [1.165, 1.54) is 10.1 Å². The quantitative estimate of drug-likeness (QED) is 0.382. The van der Waals surface area contributed by atoms with Gasteiger partial charge in [-0.25, -0.2) is 4.98 Å². The summed E-state index contributed by atoms with van der Waals surface area (Å²) in [5.41, 5.74) is 2.95. The van der Waals surface area contributed by atoms with Crippen molar-refractivity contribution in [3.63, 3.8) is 0 Å². The zero-order valence-corrected chi connectivity index (χ0v) is 18.3.